The first-order valence-electron chi connectivity index (χ1n) is 9.69. The Kier molecular flexibility index (Phi) is 5.39. The van der Waals surface area contributed by atoms with E-state index in [1.165, 1.54) is 0 Å². The number of benzene rings is 3. The highest BCUT2D eigenvalue weighted by atomic mass is 35.5. The molecule has 0 aliphatic carbocycles. The van der Waals surface area contributed by atoms with Crippen molar-refractivity contribution in [3.63, 3.8) is 0 Å². The van der Waals surface area contributed by atoms with Gasteiger partial charge in [0.15, 0.2) is 11.2 Å². The van der Waals surface area contributed by atoms with E-state index in [0.717, 1.165) is 5.56 Å². The molecule has 0 aliphatic heterocycles. The number of imidazole rings is 1. The molecule has 0 bridgehead atoms. The quantitative estimate of drug-likeness (QED) is 0.321. The Morgan fingerprint density at radius 1 is 0.909 bits per heavy atom. The molecule has 160 valence electrons. The molecule has 2 heterocycles. The van der Waals surface area contributed by atoms with E-state index in [1.807, 2.05) is 6.07 Å². The average molecular weight is 493 g/mol. The number of fused-ring (bicyclic) bond motifs is 1. The van der Waals surface area contributed by atoms with Crippen molar-refractivity contribution >= 4 is 46.0 Å². The molecule has 0 atom stereocenters. The van der Waals surface area contributed by atoms with Crippen LogP contribution in [0.3, 0.4) is 0 Å². The molecule has 0 unspecified atom stereocenters. The van der Waals surface area contributed by atoms with Crippen LogP contribution in [0.4, 0.5) is 0 Å². The maximum Gasteiger partial charge on any atom is 0.279 e. The second-order valence-corrected chi connectivity index (χ2v) is 8.43. The summed E-state index contributed by atoms with van der Waals surface area (Å²) < 4.78 is 1.74. The first kappa shape index (κ1) is 21.2. The van der Waals surface area contributed by atoms with Gasteiger partial charge in [-0.2, -0.15) is 5.26 Å². The highest BCUT2D eigenvalue weighted by Crippen LogP contribution is 2.31. The lowest BCUT2D eigenvalue weighted by molar-refractivity contribution is 1.06. The topological polar surface area (TPSA) is 87.4 Å². The largest absolute Gasteiger partial charge is 0.304 e. The second-order valence-electron chi connectivity index (χ2n) is 7.15. The minimum Gasteiger partial charge on any atom is -0.304 e. The van der Waals surface area contributed by atoms with E-state index < -0.39 is 5.56 Å². The summed E-state index contributed by atoms with van der Waals surface area (Å²) in [6.07, 6.45) is 0. The van der Waals surface area contributed by atoms with Crippen LogP contribution in [0, 0.1) is 11.3 Å². The molecule has 0 saturated heterocycles. The van der Waals surface area contributed by atoms with E-state index in [-0.39, 0.29) is 11.3 Å². The van der Waals surface area contributed by atoms with Gasteiger partial charge in [0.2, 0.25) is 0 Å². The second kappa shape index (κ2) is 8.38. The maximum absolute atomic E-state index is 13.0. The lowest BCUT2D eigenvalue weighted by atomic mass is 10.2. The maximum atomic E-state index is 13.0. The van der Waals surface area contributed by atoms with Crippen molar-refractivity contribution in [2.45, 2.75) is 0 Å². The predicted molar refractivity (Wildman–Crippen MR) is 130 cm³/mol. The van der Waals surface area contributed by atoms with Gasteiger partial charge in [-0.15, -0.1) is 0 Å². The Bertz CT molecular complexity index is 1630. The molecule has 3 aromatic carbocycles. The number of halogens is 3. The molecule has 1 N–H and O–H groups in total. The molecule has 0 aliphatic rings. The SMILES string of the molecule is N#Cc1cccc(-n2c(-c3ccc(Cl)cc3)nc3c(=O)[nH]c(-c4ccc(Cl)cc4Cl)nc32)c1. The van der Waals surface area contributed by atoms with Crippen molar-refractivity contribution in [1.29, 1.82) is 5.26 Å². The van der Waals surface area contributed by atoms with Crippen LogP contribution in [0.25, 0.3) is 39.6 Å². The average Bonchev–Trinajstić information content (AvgIpc) is 3.19. The van der Waals surface area contributed by atoms with Crippen LogP contribution in [0.2, 0.25) is 15.1 Å². The van der Waals surface area contributed by atoms with Crippen LogP contribution in [-0.4, -0.2) is 19.5 Å². The van der Waals surface area contributed by atoms with Gasteiger partial charge in [-0.25, -0.2) is 9.97 Å². The number of nitrogens with zero attached hydrogens (tertiary/aromatic N) is 4. The highest BCUT2D eigenvalue weighted by Gasteiger charge is 2.20. The van der Waals surface area contributed by atoms with Crippen molar-refractivity contribution in [2.75, 3.05) is 0 Å². The fraction of sp³-hybridized carbons (Fsp3) is 0. The van der Waals surface area contributed by atoms with Crippen molar-refractivity contribution in [3.8, 4) is 34.5 Å². The van der Waals surface area contributed by atoms with Crippen molar-refractivity contribution in [3.05, 3.63) is 97.7 Å². The highest BCUT2D eigenvalue weighted by molar-refractivity contribution is 6.36. The molecule has 0 saturated carbocycles. The van der Waals surface area contributed by atoms with E-state index in [4.69, 9.17) is 39.8 Å². The first-order valence-corrected chi connectivity index (χ1v) is 10.8. The fourth-order valence-corrected chi connectivity index (χ4v) is 4.15. The summed E-state index contributed by atoms with van der Waals surface area (Å²) in [7, 11) is 0. The summed E-state index contributed by atoms with van der Waals surface area (Å²) in [4.78, 5) is 25.1. The van der Waals surface area contributed by atoms with Gasteiger partial charge in [-0.05, 0) is 60.7 Å². The molecule has 0 fully saturated rings. The monoisotopic (exact) mass is 491 g/mol. The van der Waals surface area contributed by atoms with E-state index in [1.54, 1.807) is 65.2 Å². The van der Waals surface area contributed by atoms with Crippen molar-refractivity contribution in [2.24, 2.45) is 0 Å². The van der Waals surface area contributed by atoms with Crippen molar-refractivity contribution in [1.82, 2.24) is 19.5 Å². The molecule has 9 heteroatoms. The molecule has 0 amide bonds. The smallest absolute Gasteiger partial charge is 0.279 e. The van der Waals surface area contributed by atoms with Gasteiger partial charge in [-0.1, -0.05) is 40.9 Å². The lowest BCUT2D eigenvalue weighted by Crippen LogP contribution is -2.10. The summed E-state index contributed by atoms with van der Waals surface area (Å²) in [6.45, 7) is 0. The molecule has 5 aromatic rings. The Balaban J connectivity index is 1.85. The predicted octanol–water partition coefficient (Wildman–Crippen LogP) is 6.27. The summed E-state index contributed by atoms with van der Waals surface area (Å²) in [5.41, 5.74) is 2.38. The Labute approximate surface area is 202 Å². The van der Waals surface area contributed by atoms with Crippen LogP contribution in [0.5, 0.6) is 0 Å². The molecular weight excluding hydrogens is 481 g/mol. The Hall–Kier alpha value is -3.63. The summed E-state index contributed by atoms with van der Waals surface area (Å²) in [6, 6.07) is 21.1. The zero-order chi connectivity index (χ0) is 23.1. The van der Waals surface area contributed by atoms with Crippen LogP contribution in [-0.2, 0) is 0 Å². The van der Waals surface area contributed by atoms with Crippen LogP contribution >= 0.6 is 34.8 Å². The molecule has 2 aromatic heterocycles. The van der Waals surface area contributed by atoms with E-state index in [0.29, 0.717) is 43.4 Å². The van der Waals surface area contributed by atoms with Gasteiger partial charge >= 0.3 is 0 Å². The number of aromatic nitrogens is 4. The number of nitrogens with one attached hydrogen (secondary N) is 1. The van der Waals surface area contributed by atoms with Crippen LogP contribution in [0.15, 0.2) is 71.5 Å². The number of rotatable bonds is 3. The Morgan fingerprint density at radius 3 is 2.39 bits per heavy atom. The molecule has 0 spiro atoms. The number of aromatic amines is 1. The lowest BCUT2D eigenvalue weighted by Gasteiger charge is -2.10. The molecule has 5 rings (SSSR count). The molecule has 6 nitrogen and oxygen atoms in total. The molecule has 0 radical (unpaired) electrons. The number of nitriles is 1. The van der Waals surface area contributed by atoms with Gasteiger partial charge in [0, 0.05) is 21.2 Å². The Morgan fingerprint density at radius 2 is 1.67 bits per heavy atom. The van der Waals surface area contributed by atoms with E-state index in [9.17, 15) is 10.1 Å². The minimum absolute atomic E-state index is 0.149. The van der Waals surface area contributed by atoms with Gasteiger partial charge in [0.1, 0.15) is 11.6 Å². The number of hydrogen-bond acceptors (Lipinski definition) is 4. The molecule has 33 heavy (non-hydrogen) atoms. The summed E-state index contributed by atoms with van der Waals surface area (Å²) in [5, 5.41) is 10.8. The minimum atomic E-state index is -0.425. The van der Waals surface area contributed by atoms with Crippen molar-refractivity contribution < 1.29 is 0 Å². The van der Waals surface area contributed by atoms with E-state index >= 15 is 0 Å². The third-order valence-electron chi connectivity index (χ3n) is 5.04. The van der Waals surface area contributed by atoms with Gasteiger partial charge in [0.05, 0.1) is 22.3 Å². The third kappa shape index (κ3) is 3.87. The molecular formula is C24H12Cl3N5O. The van der Waals surface area contributed by atoms with Gasteiger partial charge in [0.25, 0.3) is 5.56 Å². The standard InChI is InChI=1S/C24H12Cl3N5O/c25-15-6-4-14(5-7-15)22-29-20-23(32(22)17-3-1-2-13(10-17)12-28)30-21(31-24(20)33)18-9-8-16(26)11-19(18)27/h1-11H,(H,30,31,33). The zero-order valence-corrected chi connectivity index (χ0v) is 18.9. The first-order chi connectivity index (χ1) is 15.9. The van der Waals surface area contributed by atoms with Crippen LogP contribution in [0.1, 0.15) is 5.56 Å². The normalized spacial score (nSPS) is 11.0. The van der Waals surface area contributed by atoms with E-state index in [2.05, 4.69) is 16.0 Å². The fourth-order valence-electron chi connectivity index (χ4n) is 3.53. The third-order valence-corrected chi connectivity index (χ3v) is 5.84. The van der Waals surface area contributed by atoms with Gasteiger partial charge in [-0.3, -0.25) is 9.36 Å². The zero-order valence-electron chi connectivity index (χ0n) is 16.7. The number of H-pyrrole nitrogens is 1. The van der Waals surface area contributed by atoms with Crippen LogP contribution < -0.4 is 5.56 Å². The number of hydrogen-bond donors (Lipinski definition) is 1. The summed E-state index contributed by atoms with van der Waals surface area (Å²) >= 11 is 18.4. The van der Waals surface area contributed by atoms with Gasteiger partial charge < -0.3 is 4.98 Å². The summed E-state index contributed by atoms with van der Waals surface area (Å²) in [5.74, 6) is 0.753.